The molecular formula is C28H33ClN6O4. The van der Waals surface area contributed by atoms with Crippen molar-refractivity contribution in [2.24, 2.45) is 0 Å². The van der Waals surface area contributed by atoms with Crippen LogP contribution >= 0.6 is 12.4 Å². The summed E-state index contributed by atoms with van der Waals surface area (Å²) in [6.07, 6.45) is 1.95. The third-order valence-electron chi connectivity index (χ3n) is 6.89. The predicted molar refractivity (Wildman–Crippen MR) is 152 cm³/mol. The highest BCUT2D eigenvalue weighted by molar-refractivity contribution is 5.85. The molecule has 10 nitrogen and oxygen atoms in total. The second-order valence-corrected chi connectivity index (χ2v) is 9.12. The van der Waals surface area contributed by atoms with E-state index in [1.54, 1.807) is 40.6 Å². The van der Waals surface area contributed by atoms with Gasteiger partial charge in [0.15, 0.2) is 23.0 Å². The van der Waals surface area contributed by atoms with E-state index in [4.69, 9.17) is 24.7 Å². The van der Waals surface area contributed by atoms with Gasteiger partial charge >= 0.3 is 0 Å². The first kappa shape index (κ1) is 28.0. The lowest BCUT2D eigenvalue weighted by Gasteiger charge is -2.29. The van der Waals surface area contributed by atoms with Crippen molar-refractivity contribution in [3.05, 3.63) is 65.2 Å². The summed E-state index contributed by atoms with van der Waals surface area (Å²) in [5.74, 6) is 3.08. The highest BCUT2D eigenvalue weighted by Crippen LogP contribution is 2.36. The number of tetrazole rings is 1. The predicted octanol–water partition coefficient (Wildman–Crippen LogP) is 3.97. The zero-order chi connectivity index (χ0) is 26.6. The number of ether oxygens (including phenoxy) is 4. The quantitative estimate of drug-likeness (QED) is 0.308. The fourth-order valence-corrected chi connectivity index (χ4v) is 4.74. The van der Waals surface area contributed by atoms with E-state index in [1.165, 1.54) is 21.5 Å². The highest BCUT2D eigenvalue weighted by Gasteiger charge is 2.20. The molecule has 0 spiro atoms. The van der Waals surface area contributed by atoms with Crippen LogP contribution in [0.4, 0.5) is 5.69 Å². The molecule has 5 rings (SSSR count). The van der Waals surface area contributed by atoms with Crippen molar-refractivity contribution in [2.45, 2.75) is 19.4 Å². The molecule has 1 aliphatic rings. The number of aromatic nitrogens is 4. The molecule has 2 heterocycles. The maximum atomic E-state index is 6.20. The second kappa shape index (κ2) is 12.2. The highest BCUT2D eigenvalue weighted by atomic mass is 35.5. The van der Waals surface area contributed by atoms with Gasteiger partial charge in [0, 0.05) is 37.0 Å². The summed E-state index contributed by atoms with van der Waals surface area (Å²) in [4.78, 5) is 3.97. The first-order valence-corrected chi connectivity index (χ1v) is 12.4. The molecule has 0 fully saturated rings. The molecule has 0 aliphatic carbocycles. The van der Waals surface area contributed by atoms with Gasteiger partial charge < -0.3 is 24.7 Å². The van der Waals surface area contributed by atoms with Crippen LogP contribution in [0, 0.1) is 0 Å². The molecule has 0 atom stereocenters. The van der Waals surface area contributed by atoms with Gasteiger partial charge in [-0.25, -0.2) is 0 Å². The standard InChI is InChI=1S/C28H32N6O4.ClH/c1-35-24-13-19-10-12-33(17-20(19)14-25(24)36-2)11-9-18-5-7-21(8-6-18)34-31-28(30-32-34)22-15-26(37-3)27(38-4)16-23(22)29;/h5-8,13-16H,9-12,17,29H2,1-4H3;1H. The molecular weight excluding hydrogens is 520 g/mol. The Hall–Kier alpha value is -4.02. The SMILES string of the molecule is COc1cc(N)c(-c2nnn(-c3ccc(CCN4CCc5cc(OC)c(OC)cc5C4)cc3)n2)cc1OC.Cl. The van der Waals surface area contributed by atoms with E-state index in [0.29, 0.717) is 28.6 Å². The Kier molecular flexibility index (Phi) is 8.78. The number of nitrogens with two attached hydrogens (primary N) is 1. The summed E-state index contributed by atoms with van der Waals surface area (Å²) in [6, 6.07) is 15.9. The normalized spacial score (nSPS) is 12.8. The van der Waals surface area contributed by atoms with Gasteiger partial charge in [-0.1, -0.05) is 12.1 Å². The Balaban J connectivity index is 0.00000353. The van der Waals surface area contributed by atoms with Crippen LogP contribution in [0.3, 0.4) is 0 Å². The van der Waals surface area contributed by atoms with Gasteiger partial charge in [-0.05, 0) is 65.1 Å². The number of benzene rings is 3. The van der Waals surface area contributed by atoms with Crippen molar-refractivity contribution in [1.29, 1.82) is 0 Å². The topological polar surface area (TPSA) is 110 Å². The third kappa shape index (κ3) is 5.86. The molecule has 3 aromatic carbocycles. The fraction of sp³-hybridized carbons (Fsp3) is 0.321. The zero-order valence-electron chi connectivity index (χ0n) is 22.5. The van der Waals surface area contributed by atoms with Gasteiger partial charge in [0.2, 0.25) is 5.82 Å². The van der Waals surface area contributed by atoms with Crippen LogP contribution in [0.2, 0.25) is 0 Å². The first-order valence-electron chi connectivity index (χ1n) is 12.4. The molecule has 0 saturated carbocycles. The molecule has 0 saturated heterocycles. The number of nitrogens with zero attached hydrogens (tertiary/aromatic N) is 5. The third-order valence-corrected chi connectivity index (χ3v) is 6.89. The van der Waals surface area contributed by atoms with E-state index >= 15 is 0 Å². The summed E-state index contributed by atoms with van der Waals surface area (Å²) < 4.78 is 21.6. The molecule has 11 heteroatoms. The molecule has 4 aromatic rings. The number of hydrogen-bond donors (Lipinski definition) is 1. The molecule has 0 radical (unpaired) electrons. The largest absolute Gasteiger partial charge is 0.493 e. The molecule has 0 unspecified atom stereocenters. The Bertz CT molecular complexity index is 1430. The molecule has 1 aromatic heterocycles. The maximum Gasteiger partial charge on any atom is 0.207 e. The molecule has 39 heavy (non-hydrogen) atoms. The van der Waals surface area contributed by atoms with Crippen molar-refractivity contribution >= 4 is 18.1 Å². The van der Waals surface area contributed by atoms with E-state index in [0.717, 1.165) is 49.7 Å². The first-order chi connectivity index (χ1) is 18.5. The van der Waals surface area contributed by atoms with E-state index in [-0.39, 0.29) is 12.4 Å². The lowest BCUT2D eigenvalue weighted by atomic mass is 9.98. The number of fused-ring (bicyclic) bond motifs is 1. The van der Waals surface area contributed by atoms with Crippen LogP contribution in [0.15, 0.2) is 48.5 Å². The van der Waals surface area contributed by atoms with Crippen LogP contribution in [0.1, 0.15) is 16.7 Å². The Morgan fingerprint density at radius 2 is 1.44 bits per heavy atom. The monoisotopic (exact) mass is 552 g/mol. The summed E-state index contributed by atoms with van der Waals surface area (Å²) in [5, 5.41) is 12.9. The second-order valence-electron chi connectivity index (χ2n) is 9.12. The van der Waals surface area contributed by atoms with Crippen molar-refractivity contribution in [3.8, 4) is 40.1 Å². The molecule has 2 N–H and O–H groups in total. The van der Waals surface area contributed by atoms with Crippen LogP contribution in [0.25, 0.3) is 17.1 Å². The van der Waals surface area contributed by atoms with E-state index < -0.39 is 0 Å². The zero-order valence-corrected chi connectivity index (χ0v) is 23.3. The van der Waals surface area contributed by atoms with Crippen molar-refractivity contribution in [2.75, 3.05) is 47.3 Å². The minimum atomic E-state index is 0. The minimum Gasteiger partial charge on any atom is -0.493 e. The van der Waals surface area contributed by atoms with E-state index in [2.05, 4.69) is 44.6 Å². The number of methoxy groups -OCH3 is 4. The van der Waals surface area contributed by atoms with Gasteiger partial charge in [0.25, 0.3) is 0 Å². The summed E-state index contributed by atoms with van der Waals surface area (Å²) in [7, 11) is 6.49. The Morgan fingerprint density at radius 1 is 0.821 bits per heavy atom. The van der Waals surface area contributed by atoms with Crippen molar-refractivity contribution < 1.29 is 18.9 Å². The van der Waals surface area contributed by atoms with Gasteiger partial charge in [-0.15, -0.1) is 27.4 Å². The lowest BCUT2D eigenvalue weighted by molar-refractivity contribution is 0.255. The van der Waals surface area contributed by atoms with E-state index in [1.807, 2.05) is 12.1 Å². The molecule has 206 valence electrons. The van der Waals surface area contributed by atoms with Crippen LogP contribution in [0.5, 0.6) is 23.0 Å². The number of nitrogen functional groups attached to an aromatic ring is 1. The van der Waals surface area contributed by atoms with Gasteiger partial charge in [-0.2, -0.15) is 0 Å². The Labute approximate surface area is 234 Å². The molecule has 0 bridgehead atoms. The Morgan fingerprint density at radius 3 is 2.10 bits per heavy atom. The number of hydrogen-bond acceptors (Lipinski definition) is 9. The van der Waals surface area contributed by atoms with Gasteiger partial charge in [0.05, 0.1) is 34.1 Å². The van der Waals surface area contributed by atoms with E-state index in [9.17, 15) is 0 Å². The number of rotatable bonds is 9. The maximum absolute atomic E-state index is 6.20. The summed E-state index contributed by atoms with van der Waals surface area (Å²) >= 11 is 0. The van der Waals surface area contributed by atoms with Gasteiger partial charge in [0.1, 0.15) is 0 Å². The van der Waals surface area contributed by atoms with Crippen molar-refractivity contribution in [1.82, 2.24) is 25.1 Å². The smallest absolute Gasteiger partial charge is 0.207 e. The number of anilines is 1. The summed E-state index contributed by atoms with van der Waals surface area (Å²) in [5.41, 5.74) is 12.0. The lowest BCUT2D eigenvalue weighted by Crippen LogP contribution is -2.32. The molecule has 0 amide bonds. The van der Waals surface area contributed by atoms with Gasteiger partial charge in [-0.3, -0.25) is 4.90 Å². The average Bonchev–Trinajstić information content (AvgIpc) is 3.45. The van der Waals surface area contributed by atoms with Crippen LogP contribution in [-0.2, 0) is 19.4 Å². The van der Waals surface area contributed by atoms with Crippen LogP contribution < -0.4 is 24.7 Å². The number of halogens is 1. The van der Waals surface area contributed by atoms with Crippen LogP contribution in [-0.4, -0.2) is 66.6 Å². The summed E-state index contributed by atoms with van der Waals surface area (Å²) in [6.45, 7) is 2.89. The fourth-order valence-electron chi connectivity index (χ4n) is 4.74. The van der Waals surface area contributed by atoms with Crippen molar-refractivity contribution in [3.63, 3.8) is 0 Å². The average molecular weight is 553 g/mol. The molecule has 1 aliphatic heterocycles. The minimum absolute atomic E-state index is 0.